The lowest BCUT2D eigenvalue weighted by Crippen LogP contribution is -2.15. The third-order valence-electron chi connectivity index (χ3n) is 3.24. The first-order chi connectivity index (χ1) is 8.29. The fraction of sp³-hybridized carbons (Fsp3) is 0.571. The highest BCUT2D eigenvalue weighted by Gasteiger charge is 2.19. The van der Waals surface area contributed by atoms with Gasteiger partial charge in [0.1, 0.15) is 11.6 Å². The van der Waals surface area contributed by atoms with Crippen LogP contribution in [0.25, 0.3) is 0 Å². The summed E-state index contributed by atoms with van der Waals surface area (Å²) in [4.78, 5) is 0. The maximum atomic E-state index is 13.6. The summed E-state index contributed by atoms with van der Waals surface area (Å²) >= 11 is 0. The summed E-state index contributed by atoms with van der Waals surface area (Å²) in [6, 6.07) is 5.01. The monoisotopic (exact) mass is 237 g/mol. The second-order valence-electron chi connectivity index (χ2n) is 4.72. The van der Waals surface area contributed by atoms with Gasteiger partial charge in [-0.05, 0) is 31.4 Å². The van der Waals surface area contributed by atoms with Gasteiger partial charge in [0, 0.05) is 18.2 Å². The molecule has 1 fully saturated rings. The summed E-state index contributed by atoms with van der Waals surface area (Å²) in [7, 11) is 1.55. The number of nitrogens with one attached hydrogen (secondary N) is 1. The zero-order chi connectivity index (χ0) is 12.1. The summed E-state index contributed by atoms with van der Waals surface area (Å²) in [5.74, 6) is 1.36. The molecule has 0 saturated heterocycles. The Bertz CT molecular complexity index is 363. The minimum absolute atomic E-state index is 0.195. The standard InChI is InChI=1S/C14H20FNO/c1-17-13-7-6-12(14(15)9-13)10-16-8-2-3-11-4-5-11/h6-7,9,11,16H,2-5,8,10H2,1H3. The lowest BCUT2D eigenvalue weighted by molar-refractivity contribution is 0.410. The Morgan fingerprint density at radius 3 is 2.88 bits per heavy atom. The van der Waals surface area contributed by atoms with Crippen LogP contribution in [-0.2, 0) is 6.54 Å². The molecule has 0 spiro atoms. The van der Waals surface area contributed by atoms with Crippen molar-refractivity contribution >= 4 is 0 Å². The van der Waals surface area contributed by atoms with E-state index in [1.54, 1.807) is 19.2 Å². The highest BCUT2D eigenvalue weighted by molar-refractivity contribution is 5.28. The van der Waals surface area contributed by atoms with Crippen molar-refractivity contribution in [3.63, 3.8) is 0 Å². The zero-order valence-corrected chi connectivity index (χ0v) is 10.3. The average molecular weight is 237 g/mol. The molecule has 0 aliphatic heterocycles. The van der Waals surface area contributed by atoms with E-state index in [4.69, 9.17) is 4.74 Å². The van der Waals surface area contributed by atoms with E-state index in [2.05, 4.69) is 5.32 Å². The minimum atomic E-state index is -0.195. The Morgan fingerprint density at radius 2 is 2.24 bits per heavy atom. The van der Waals surface area contributed by atoms with Crippen molar-refractivity contribution in [2.75, 3.05) is 13.7 Å². The van der Waals surface area contributed by atoms with Crippen molar-refractivity contribution in [3.8, 4) is 5.75 Å². The molecule has 0 radical (unpaired) electrons. The van der Waals surface area contributed by atoms with Crippen LogP contribution < -0.4 is 10.1 Å². The van der Waals surface area contributed by atoms with Crippen LogP contribution in [0.2, 0.25) is 0 Å². The maximum Gasteiger partial charge on any atom is 0.131 e. The first-order valence-corrected chi connectivity index (χ1v) is 6.32. The Hall–Kier alpha value is -1.09. The van der Waals surface area contributed by atoms with Crippen LogP contribution in [0.5, 0.6) is 5.75 Å². The number of methoxy groups -OCH3 is 1. The Morgan fingerprint density at radius 1 is 1.41 bits per heavy atom. The van der Waals surface area contributed by atoms with E-state index in [1.807, 2.05) is 0 Å². The second-order valence-corrected chi connectivity index (χ2v) is 4.72. The van der Waals surface area contributed by atoms with Gasteiger partial charge < -0.3 is 10.1 Å². The van der Waals surface area contributed by atoms with Gasteiger partial charge in [0.25, 0.3) is 0 Å². The highest BCUT2D eigenvalue weighted by atomic mass is 19.1. The topological polar surface area (TPSA) is 21.3 Å². The fourth-order valence-corrected chi connectivity index (χ4v) is 1.94. The SMILES string of the molecule is COc1ccc(CNCCCC2CC2)c(F)c1. The van der Waals surface area contributed by atoms with Crippen molar-refractivity contribution in [1.29, 1.82) is 0 Å². The van der Waals surface area contributed by atoms with Gasteiger partial charge in [0.05, 0.1) is 7.11 Å². The van der Waals surface area contributed by atoms with Gasteiger partial charge in [-0.15, -0.1) is 0 Å². The summed E-state index contributed by atoms with van der Waals surface area (Å²) in [6.45, 7) is 1.57. The molecule has 1 aliphatic carbocycles. The number of benzene rings is 1. The lowest BCUT2D eigenvalue weighted by atomic mass is 10.2. The Balaban J connectivity index is 1.70. The number of rotatable bonds is 7. The highest BCUT2D eigenvalue weighted by Crippen LogP contribution is 2.33. The summed E-state index contributed by atoms with van der Waals surface area (Å²) in [5.41, 5.74) is 0.706. The van der Waals surface area contributed by atoms with Gasteiger partial charge >= 0.3 is 0 Å². The normalized spacial score (nSPS) is 14.9. The molecule has 3 heteroatoms. The maximum absolute atomic E-state index is 13.6. The van der Waals surface area contributed by atoms with E-state index in [1.165, 1.54) is 31.7 Å². The van der Waals surface area contributed by atoms with Crippen LogP contribution in [0, 0.1) is 11.7 Å². The summed E-state index contributed by atoms with van der Waals surface area (Å²) in [6.07, 6.45) is 5.33. The van der Waals surface area contributed by atoms with Gasteiger partial charge in [-0.1, -0.05) is 18.9 Å². The van der Waals surface area contributed by atoms with Gasteiger partial charge in [-0.25, -0.2) is 4.39 Å². The quantitative estimate of drug-likeness (QED) is 0.736. The predicted octanol–water partition coefficient (Wildman–Crippen LogP) is 3.11. The fourth-order valence-electron chi connectivity index (χ4n) is 1.94. The van der Waals surface area contributed by atoms with Crippen LogP contribution >= 0.6 is 0 Å². The molecule has 0 amide bonds. The number of hydrogen-bond donors (Lipinski definition) is 1. The van der Waals surface area contributed by atoms with E-state index < -0.39 is 0 Å². The molecule has 0 heterocycles. The number of hydrogen-bond acceptors (Lipinski definition) is 2. The third kappa shape index (κ3) is 4.00. The summed E-state index contributed by atoms with van der Waals surface area (Å²) < 4.78 is 18.5. The van der Waals surface area contributed by atoms with Crippen LogP contribution in [0.3, 0.4) is 0 Å². The van der Waals surface area contributed by atoms with Gasteiger partial charge in [-0.3, -0.25) is 0 Å². The first-order valence-electron chi connectivity index (χ1n) is 6.32. The molecule has 17 heavy (non-hydrogen) atoms. The minimum Gasteiger partial charge on any atom is -0.497 e. The zero-order valence-electron chi connectivity index (χ0n) is 10.3. The van der Waals surface area contributed by atoms with E-state index >= 15 is 0 Å². The molecule has 0 atom stereocenters. The molecular formula is C14H20FNO. The molecule has 0 aromatic heterocycles. The van der Waals surface area contributed by atoms with E-state index in [-0.39, 0.29) is 5.82 Å². The van der Waals surface area contributed by atoms with Crippen molar-refractivity contribution < 1.29 is 9.13 Å². The molecule has 94 valence electrons. The molecule has 2 rings (SSSR count). The summed E-state index contributed by atoms with van der Waals surface area (Å²) in [5, 5.41) is 3.28. The van der Waals surface area contributed by atoms with Crippen LogP contribution in [-0.4, -0.2) is 13.7 Å². The largest absolute Gasteiger partial charge is 0.497 e. The Labute approximate surface area is 102 Å². The molecular weight excluding hydrogens is 217 g/mol. The molecule has 1 aromatic carbocycles. The Kier molecular flexibility index (Phi) is 4.37. The van der Waals surface area contributed by atoms with Gasteiger partial charge in [0.15, 0.2) is 0 Å². The van der Waals surface area contributed by atoms with Gasteiger partial charge in [-0.2, -0.15) is 0 Å². The average Bonchev–Trinajstić information content (AvgIpc) is 3.14. The smallest absolute Gasteiger partial charge is 0.131 e. The first kappa shape index (κ1) is 12.4. The van der Waals surface area contributed by atoms with Crippen LogP contribution in [0.1, 0.15) is 31.2 Å². The van der Waals surface area contributed by atoms with Crippen molar-refractivity contribution in [2.24, 2.45) is 5.92 Å². The molecule has 1 aromatic rings. The predicted molar refractivity (Wildman–Crippen MR) is 66.6 cm³/mol. The van der Waals surface area contributed by atoms with Gasteiger partial charge in [0.2, 0.25) is 0 Å². The number of halogens is 1. The third-order valence-corrected chi connectivity index (χ3v) is 3.24. The van der Waals surface area contributed by atoms with Crippen molar-refractivity contribution in [2.45, 2.75) is 32.2 Å². The van der Waals surface area contributed by atoms with Crippen LogP contribution in [0.4, 0.5) is 4.39 Å². The second kappa shape index (κ2) is 6.01. The van der Waals surface area contributed by atoms with Crippen molar-refractivity contribution in [3.05, 3.63) is 29.6 Å². The van der Waals surface area contributed by atoms with Crippen molar-refractivity contribution in [1.82, 2.24) is 5.32 Å². The molecule has 0 bridgehead atoms. The van der Waals surface area contributed by atoms with E-state index in [0.29, 0.717) is 17.9 Å². The van der Waals surface area contributed by atoms with E-state index in [9.17, 15) is 4.39 Å². The van der Waals surface area contributed by atoms with Crippen LogP contribution in [0.15, 0.2) is 18.2 Å². The molecule has 2 nitrogen and oxygen atoms in total. The number of ether oxygens (including phenoxy) is 1. The molecule has 1 N–H and O–H groups in total. The molecule has 1 aliphatic rings. The lowest BCUT2D eigenvalue weighted by Gasteiger charge is -2.07. The van der Waals surface area contributed by atoms with E-state index in [0.717, 1.165) is 12.5 Å². The molecule has 0 unspecified atom stereocenters. The molecule has 1 saturated carbocycles.